The fraction of sp³-hybridized carbons (Fsp3) is 0.429. The van der Waals surface area contributed by atoms with E-state index in [-0.39, 0.29) is 17.2 Å². The van der Waals surface area contributed by atoms with Crippen molar-refractivity contribution in [1.82, 2.24) is 0 Å². The van der Waals surface area contributed by atoms with Gasteiger partial charge in [0.25, 0.3) is 0 Å². The fourth-order valence-corrected chi connectivity index (χ4v) is 4.46. The number of hydrogen-bond acceptors (Lipinski definition) is 4. The van der Waals surface area contributed by atoms with Gasteiger partial charge in [-0.15, -0.1) is 0 Å². The maximum atomic E-state index is 14.7. The van der Waals surface area contributed by atoms with Crippen molar-refractivity contribution >= 4 is 5.71 Å². The monoisotopic (exact) mass is 362 g/mol. The van der Waals surface area contributed by atoms with Gasteiger partial charge in [0.1, 0.15) is 11.7 Å². The molecule has 1 fully saturated rings. The number of fused-ring (bicyclic) bond motifs is 1. The Balaban J connectivity index is 2.27. The Labute approximate surface area is 158 Å². The summed E-state index contributed by atoms with van der Waals surface area (Å²) in [6, 6.07) is 12.6. The molecule has 0 aromatic heterocycles. The second kappa shape index (κ2) is 6.95. The lowest BCUT2D eigenvalue weighted by molar-refractivity contribution is -0.920. The first-order chi connectivity index (χ1) is 12.9. The topological polar surface area (TPSA) is 99.7 Å². The number of quaternary nitrogens is 1. The van der Waals surface area contributed by atoms with Crippen LogP contribution in [0.25, 0.3) is 0 Å². The number of nitrogens with one attached hydrogen (secondary N) is 2. The standard InChI is InChI=1S/C21H20FN5/c1-13(2)27-8-7-14-16(9-23)20(26)21(11-24,12-25)19(17(14)10-27)15-5-3-4-6-18(15)22/h3-7,13,16-17,19,26H,8,10H2,1-2H3/p+1/t16?,17-,19-/m0/s1. The van der Waals surface area contributed by atoms with Gasteiger partial charge in [-0.1, -0.05) is 18.2 Å². The Morgan fingerprint density at radius 2 is 1.89 bits per heavy atom. The second-order valence-corrected chi connectivity index (χ2v) is 7.54. The quantitative estimate of drug-likeness (QED) is 0.787. The van der Waals surface area contributed by atoms with Crippen molar-refractivity contribution < 1.29 is 9.29 Å². The van der Waals surface area contributed by atoms with E-state index in [2.05, 4.69) is 19.9 Å². The number of benzene rings is 1. The highest BCUT2D eigenvalue weighted by molar-refractivity contribution is 6.00. The molecule has 4 atom stereocenters. The van der Waals surface area contributed by atoms with Crippen LogP contribution in [0.3, 0.4) is 0 Å². The van der Waals surface area contributed by atoms with Crippen molar-refractivity contribution in [2.24, 2.45) is 17.3 Å². The molecule has 1 heterocycles. The second-order valence-electron chi connectivity index (χ2n) is 7.54. The van der Waals surface area contributed by atoms with Crippen LogP contribution in [0, 0.1) is 62.5 Å². The molecule has 1 aromatic rings. The highest BCUT2D eigenvalue weighted by Gasteiger charge is 2.59. The number of rotatable bonds is 2. The molecule has 2 aliphatic rings. The molecule has 1 saturated carbocycles. The zero-order valence-corrected chi connectivity index (χ0v) is 15.3. The van der Waals surface area contributed by atoms with Crippen LogP contribution in [-0.2, 0) is 0 Å². The van der Waals surface area contributed by atoms with Crippen LogP contribution in [0.5, 0.6) is 0 Å². The van der Waals surface area contributed by atoms with Crippen molar-refractivity contribution in [3.8, 4) is 18.2 Å². The van der Waals surface area contributed by atoms with E-state index in [0.29, 0.717) is 19.1 Å². The molecule has 1 aromatic carbocycles. The van der Waals surface area contributed by atoms with Gasteiger partial charge in [-0.2, -0.15) is 15.8 Å². The van der Waals surface area contributed by atoms with E-state index in [9.17, 15) is 20.2 Å². The number of hydrogen-bond donors (Lipinski definition) is 2. The van der Waals surface area contributed by atoms with Gasteiger partial charge in [-0.3, -0.25) is 0 Å². The lowest BCUT2D eigenvalue weighted by Crippen LogP contribution is -3.16. The van der Waals surface area contributed by atoms with Crippen molar-refractivity contribution in [2.75, 3.05) is 13.1 Å². The van der Waals surface area contributed by atoms with E-state index in [1.165, 1.54) is 11.0 Å². The van der Waals surface area contributed by atoms with Gasteiger partial charge in [-0.05, 0) is 37.1 Å². The molecular weight excluding hydrogens is 341 g/mol. The Kier molecular flexibility index (Phi) is 4.83. The number of nitrogens with zero attached hydrogens (tertiary/aromatic N) is 3. The van der Waals surface area contributed by atoms with E-state index in [1.807, 2.05) is 18.2 Å². The molecule has 0 bridgehead atoms. The third kappa shape index (κ3) is 2.72. The molecule has 27 heavy (non-hydrogen) atoms. The Bertz CT molecular complexity index is 913. The Morgan fingerprint density at radius 1 is 1.22 bits per heavy atom. The zero-order valence-electron chi connectivity index (χ0n) is 15.3. The van der Waals surface area contributed by atoms with E-state index in [0.717, 1.165) is 5.57 Å². The normalized spacial score (nSPS) is 29.1. The van der Waals surface area contributed by atoms with Gasteiger partial charge in [0, 0.05) is 11.8 Å². The van der Waals surface area contributed by atoms with Crippen LogP contribution >= 0.6 is 0 Å². The van der Waals surface area contributed by atoms with Crippen LogP contribution in [-0.4, -0.2) is 24.8 Å². The third-order valence-electron chi connectivity index (χ3n) is 5.96. The summed E-state index contributed by atoms with van der Waals surface area (Å²) in [6.45, 7) is 5.48. The Morgan fingerprint density at radius 3 is 2.44 bits per heavy atom. The zero-order chi connectivity index (χ0) is 19.8. The molecule has 5 nitrogen and oxygen atoms in total. The van der Waals surface area contributed by atoms with Gasteiger partial charge in [-0.25, -0.2) is 4.39 Å². The van der Waals surface area contributed by atoms with Gasteiger partial charge in [0.05, 0.1) is 43.1 Å². The van der Waals surface area contributed by atoms with Crippen LogP contribution in [0.15, 0.2) is 35.9 Å². The van der Waals surface area contributed by atoms with Crippen molar-refractivity contribution in [3.63, 3.8) is 0 Å². The molecule has 0 saturated heterocycles. The maximum Gasteiger partial charge on any atom is 0.190 e. The van der Waals surface area contributed by atoms with E-state index >= 15 is 0 Å². The van der Waals surface area contributed by atoms with Crippen LogP contribution in [0.1, 0.15) is 25.3 Å². The molecular formula is C21H21FN5+. The third-order valence-corrected chi connectivity index (χ3v) is 5.96. The molecule has 0 spiro atoms. The summed E-state index contributed by atoms with van der Waals surface area (Å²) in [6.07, 6.45) is 1.96. The largest absolute Gasteiger partial charge is 0.329 e. The summed E-state index contributed by atoms with van der Waals surface area (Å²) < 4.78 is 14.7. The van der Waals surface area contributed by atoms with Crippen molar-refractivity contribution in [2.45, 2.75) is 25.8 Å². The minimum atomic E-state index is -1.86. The molecule has 6 heteroatoms. The Hall–Kier alpha value is -3.01. The predicted octanol–water partition coefficient (Wildman–Crippen LogP) is 1.97. The lowest BCUT2D eigenvalue weighted by Gasteiger charge is -2.47. The summed E-state index contributed by atoms with van der Waals surface area (Å²) in [5.41, 5.74) is -1.08. The highest BCUT2D eigenvalue weighted by atomic mass is 19.1. The van der Waals surface area contributed by atoms with Crippen molar-refractivity contribution in [3.05, 3.63) is 47.3 Å². The summed E-state index contributed by atoms with van der Waals surface area (Å²) in [5.74, 6) is -2.56. The minimum Gasteiger partial charge on any atom is -0.329 e. The smallest absolute Gasteiger partial charge is 0.190 e. The summed E-state index contributed by atoms with van der Waals surface area (Å²) >= 11 is 0. The number of nitriles is 3. The molecule has 2 unspecified atom stereocenters. The van der Waals surface area contributed by atoms with E-state index < -0.39 is 23.1 Å². The van der Waals surface area contributed by atoms with Gasteiger partial charge >= 0.3 is 0 Å². The molecule has 1 aliphatic carbocycles. The first-order valence-corrected chi connectivity index (χ1v) is 9.01. The van der Waals surface area contributed by atoms with Gasteiger partial charge < -0.3 is 10.3 Å². The average molecular weight is 362 g/mol. The highest BCUT2D eigenvalue weighted by Crippen LogP contribution is 2.52. The van der Waals surface area contributed by atoms with E-state index in [1.54, 1.807) is 18.2 Å². The summed E-state index contributed by atoms with van der Waals surface area (Å²) in [7, 11) is 0. The average Bonchev–Trinajstić information content (AvgIpc) is 2.67. The first-order valence-electron chi connectivity index (χ1n) is 9.01. The molecule has 136 valence electrons. The summed E-state index contributed by atoms with van der Waals surface area (Å²) in [5, 5.41) is 38.1. The lowest BCUT2D eigenvalue weighted by atomic mass is 9.54. The molecule has 2 N–H and O–H groups in total. The maximum absolute atomic E-state index is 14.7. The molecule has 0 radical (unpaired) electrons. The van der Waals surface area contributed by atoms with Crippen molar-refractivity contribution in [1.29, 1.82) is 21.2 Å². The predicted molar refractivity (Wildman–Crippen MR) is 97.0 cm³/mol. The van der Waals surface area contributed by atoms with Gasteiger partial charge in [0.2, 0.25) is 0 Å². The molecule has 1 aliphatic heterocycles. The SMILES string of the molecule is CC(C)[NH+]1CC=C2C(C#N)C(=N)C(C#N)(C#N)[C@@H](c3ccccc3F)[C@H]2C1. The minimum absolute atomic E-state index is 0.237. The summed E-state index contributed by atoms with van der Waals surface area (Å²) in [4.78, 5) is 1.25. The van der Waals surface area contributed by atoms with Crippen LogP contribution in [0.2, 0.25) is 0 Å². The van der Waals surface area contributed by atoms with E-state index in [4.69, 9.17) is 5.41 Å². The first kappa shape index (κ1) is 18.8. The van der Waals surface area contributed by atoms with Crippen LogP contribution in [0.4, 0.5) is 4.39 Å². The van der Waals surface area contributed by atoms with Gasteiger partial charge in [0.15, 0.2) is 5.41 Å². The van der Waals surface area contributed by atoms with Crippen LogP contribution < -0.4 is 4.90 Å². The molecule has 3 rings (SSSR count). The number of halogens is 1. The fourth-order valence-electron chi connectivity index (χ4n) is 4.46. The molecule has 0 amide bonds.